The van der Waals surface area contributed by atoms with Gasteiger partial charge in [-0.3, -0.25) is 9.11 Å². The maximum atomic E-state index is 9.20. The molecule has 2 atom stereocenters. The summed E-state index contributed by atoms with van der Waals surface area (Å²) in [4.78, 5) is 0.225. The van der Waals surface area contributed by atoms with Crippen molar-refractivity contribution >= 4 is 42.4 Å². The van der Waals surface area contributed by atoms with Crippen LogP contribution in [0.1, 0.15) is 6.42 Å². The van der Waals surface area contributed by atoms with Crippen molar-refractivity contribution in [2.24, 2.45) is 0 Å². The van der Waals surface area contributed by atoms with Crippen LogP contribution in [0.4, 0.5) is 0 Å². The zero-order valence-corrected chi connectivity index (χ0v) is 8.62. The minimum Gasteiger partial charge on any atom is -0.298 e. The van der Waals surface area contributed by atoms with Gasteiger partial charge in [-0.15, -0.1) is 0 Å². The number of alkyl halides is 2. The molecule has 0 aromatic heterocycles. The highest BCUT2D eigenvalue weighted by atomic mass is 79.9. The summed E-state index contributed by atoms with van der Waals surface area (Å²) in [5.74, 6) is 0.527. The van der Waals surface area contributed by atoms with E-state index in [0.717, 1.165) is 6.42 Å². The molecule has 2 N–H and O–H groups in total. The molecule has 1 heterocycles. The summed E-state index contributed by atoms with van der Waals surface area (Å²) in [5, 5.41) is 0. The van der Waals surface area contributed by atoms with Crippen LogP contribution in [0.15, 0.2) is 0 Å². The Hall–Kier alpha value is 1.23. The van der Waals surface area contributed by atoms with Gasteiger partial charge in [0.2, 0.25) is 0 Å². The average molecular weight is 280 g/mol. The molecule has 0 amide bonds. The van der Waals surface area contributed by atoms with Gasteiger partial charge in [0.1, 0.15) is 4.16 Å². The maximum Gasteiger partial charge on any atom is 0.116 e. The molecule has 1 rings (SSSR count). The Morgan fingerprint density at radius 3 is 2.00 bits per heavy atom. The van der Waals surface area contributed by atoms with Crippen LogP contribution in [0.25, 0.3) is 0 Å². The molecule has 9 heavy (non-hydrogen) atoms. The Labute approximate surface area is 72.6 Å². The molecular formula is C4H8Br2O2S. The first-order valence-corrected chi connectivity index (χ1v) is 6.18. The Balaban J connectivity index is 2.62. The average Bonchev–Trinajstić information content (AvgIpc) is 1.97. The van der Waals surface area contributed by atoms with Crippen molar-refractivity contribution in [3.05, 3.63) is 0 Å². The van der Waals surface area contributed by atoms with E-state index in [2.05, 4.69) is 31.9 Å². The van der Waals surface area contributed by atoms with Crippen LogP contribution in [0.5, 0.6) is 0 Å². The van der Waals surface area contributed by atoms with Gasteiger partial charge in [-0.2, -0.15) is 10.6 Å². The predicted molar refractivity (Wildman–Crippen MR) is 47.8 cm³/mol. The van der Waals surface area contributed by atoms with E-state index in [4.69, 9.17) is 0 Å². The van der Waals surface area contributed by atoms with Crippen LogP contribution < -0.4 is 0 Å². The van der Waals surface area contributed by atoms with Gasteiger partial charge in [-0.05, 0) is 6.42 Å². The van der Waals surface area contributed by atoms with Gasteiger partial charge < -0.3 is 0 Å². The molecule has 1 aliphatic rings. The van der Waals surface area contributed by atoms with Crippen molar-refractivity contribution < 1.29 is 9.11 Å². The molecule has 56 valence electrons. The lowest BCUT2D eigenvalue weighted by atomic mass is 10.4. The zero-order valence-electron chi connectivity index (χ0n) is 4.63. The first-order valence-electron chi connectivity index (χ1n) is 2.57. The van der Waals surface area contributed by atoms with Gasteiger partial charge in [0, 0.05) is 10.6 Å². The van der Waals surface area contributed by atoms with E-state index in [0.29, 0.717) is 5.75 Å². The lowest BCUT2D eigenvalue weighted by Crippen LogP contribution is -2.10. The van der Waals surface area contributed by atoms with E-state index < -0.39 is 10.6 Å². The molecule has 5 heteroatoms. The summed E-state index contributed by atoms with van der Waals surface area (Å²) in [6, 6.07) is 0. The lowest BCUT2D eigenvalue weighted by molar-refractivity contribution is 0.493. The van der Waals surface area contributed by atoms with Crippen LogP contribution >= 0.6 is 42.4 Å². The molecule has 0 bridgehead atoms. The minimum atomic E-state index is -2.30. The minimum absolute atomic E-state index is 0.148. The second kappa shape index (κ2) is 2.70. The lowest BCUT2D eigenvalue weighted by Gasteiger charge is -2.30. The Morgan fingerprint density at radius 2 is 1.89 bits per heavy atom. The number of halogens is 2. The van der Waals surface area contributed by atoms with Gasteiger partial charge in [0.05, 0.1) is 0 Å². The van der Waals surface area contributed by atoms with Crippen LogP contribution in [0.2, 0.25) is 0 Å². The summed E-state index contributed by atoms with van der Waals surface area (Å²) >= 11 is 6.55. The number of hydrogen-bond donors (Lipinski definition) is 2. The second-order valence-electron chi connectivity index (χ2n) is 2.08. The fourth-order valence-corrected chi connectivity index (χ4v) is 4.60. The summed E-state index contributed by atoms with van der Waals surface area (Å²) in [6.45, 7) is 0. The number of hydrogen-bond acceptors (Lipinski definition) is 2. The van der Waals surface area contributed by atoms with Crippen LogP contribution in [0.3, 0.4) is 0 Å². The molecule has 1 aliphatic heterocycles. The summed E-state index contributed by atoms with van der Waals surface area (Å²) in [5.41, 5.74) is 0. The van der Waals surface area contributed by atoms with Crippen LogP contribution in [0, 0.1) is 0 Å². The van der Waals surface area contributed by atoms with Gasteiger partial charge >= 0.3 is 0 Å². The standard InChI is InChI=1S/C4H8Br2O2S/c5-3-1-2-9(7,8)4(3)6/h3-4,7-8H,1-2H2. The van der Waals surface area contributed by atoms with Gasteiger partial charge in [-0.25, -0.2) is 0 Å². The highest BCUT2D eigenvalue weighted by molar-refractivity contribution is 9.14. The van der Waals surface area contributed by atoms with Crippen molar-refractivity contribution in [1.29, 1.82) is 0 Å². The van der Waals surface area contributed by atoms with E-state index >= 15 is 0 Å². The quantitative estimate of drug-likeness (QED) is 0.670. The third-order valence-corrected chi connectivity index (χ3v) is 7.71. The normalized spacial score (nSPS) is 44.9. The molecule has 2 unspecified atom stereocenters. The molecule has 2 nitrogen and oxygen atoms in total. The SMILES string of the molecule is OS1(O)CCC(Br)C1Br. The summed E-state index contributed by atoms with van der Waals surface area (Å²) in [6.07, 6.45) is 0.845. The third-order valence-electron chi connectivity index (χ3n) is 1.34. The topological polar surface area (TPSA) is 40.5 Å². The van der Waals surface area contributed by atoms with E-state index in [9.17, 15) is 9.11 Å². The third kappa shape index (κ3) is 1.63. The molecule has 0 aromatic carbocycles. The van der Waals surface area contributed by atoms with E-state index in [1.54, 1.807) is 0 Å². The monoisotopic (exact) mass is 278 g/mol. The fourth-order valence-electron chi connectivity index (χ4n) is 0.766. The van der Waals surface area contributed by atoms with Gasteiger partial charge in [0.15, 0.2) is 0 Å². The van der Waals surface area contributed by atoms with Crippen molar-refractivity contribution in [1.82, 2.24) is 0 Å². The summed E-state index contributed by atoms with van der Waals surface area (Å²) in [7, 11) is -2.30. The van der Waals surface area contributed by atoms with E-state index in [1.165, 1.54) is 0 Å². The number of rotatable bonds is 0. The summed E-state index contributed by atoms with van der Waals surface area (Å²) < 4.78 is 18.2. The maximum absolute atomic E-state index is 9.20. The van der Waals surface area contributed by atoms with E-state index in [1.807, 2.05) is 0 Å². The van der Waals surface area contributed by atoms with Crippen LogP contribution in [-0.2, 0) is 0 Å². The molecular weight excluding hydrogens is 272 g/mol. The highest BCUT2D eigenvalue weighted by Crippen LogP contribution is 2.56. The Kier molecular flexibility index (Phi) is 2.49. The van der Waals surface area contributed by atoms with Crippen molar-refractivity contribution in [2.45, 2.75) is 15.4 Å². The predicted octanol–water partition coefficient (Wildman–Crippen LogP) is 2.63. The highest BCUT2D eigenvalue weighted by Gasteiger charge is 2.36. The molecule has 0 radical (unpaired) electrons. The molecule has 0 aromatic rings. The zero-order chi connectivity index (χ0) is 7.07. The Bertz CT molecular complexity index is 119. The van der Waals surface area contributed by atoms with Gasteiger partial charge in [0.25, 0.3) is 0 Å². The van der Waals surface area contributed by atoms with Gasteiger partial charge in [-0.1, -0.05) is 31.9 Å². The van der Waals surface area contributed by atoms with Crippen LogP contribution in [-0.4, -0.2) is 23.8 Å². The first kappa shape index (κ1) is 8.33. The first-order chi connectivity index (χ1) is 4.04. The molecule has 1 saturated heterocycles. The molecule has 0 saturated carbocycles. The van der Waals surface area contributed by atoms with Crippen molar-refractivity contribution in [3.63, 3.8) is 0 Å². The van der Waals surface area contributed by atoms with Crippen molar-refractivity contribution in [3.8, 4) is 0 Å². The molecule has 1 fully saturated rings. The van der Waals surface area contributed by atoms with Crippen molar-refractivity contribution in [2.75, 3.05) is 5.75 Å². The fraction of sp³-hybridized carbons (Fsp3) is 1.00. The Morgan fingerprint density at radius 1 is 1.33 bits per heavy atom. The molecule has 0 spiro atoms. The second-order valence-corrected chi connectivity index (χ2v) is 7.20. The largest absolute Gasteiger partial charge is 0.298 e. The molecule has 0 aliphatic carbocycles. The smallest absolute Gasteiger partial charge is 0.116 e. The van der Waals surface area contributed by atoms with E-state index in [-0.39, 0.29) is 8.99 Å².